The number of rotatable bonds is 5. The normalized spacial score (nSPS) is 16.6. The smallest absolute Gasteiger partial charge is 0.129 e. The molecule has 3 aromatic rings. The van der Waals surface area contributed by atoms with E-state index in [1.54, 1.807) is 26.6 Å². The molecule has 4 rings (SSSR count). The zero-order chi connectivity index (χ0) is 19.7. The van der Waals surface area contributed by atoms with Gasteiger partial charge >= 0.3 is 0 Å². The second-order valence-corrected chi connectivity index (χ2v) is 7.17. The number of H-pyrrole nitrogens is 1. The van der Waals surface area contributed by atoms with Crippen LogP contribution in [0.25, 0.3) is 0 Å². The van der Waals surface area contributed by atoms with Gasteiger partial charge in [0.15, 0.2) is 0 Å². The molecule has 0 fully saturated rings. The second-order valence-electron chi connectivity index (χ2n) is 7.17. The van der Waals surface area contributed by atoms with Crippen molar-refractivity contribution < 1.29 is 14.6 Å². The van der Waals surface area contributed by atoms with Crippen LogP contribution < -0.4 is 9.47 Å². The number of benzene rings is 2. The number of nitrogens with zero attached hydrogens (tertiary/aromatic N) is 2. The van der Waals surface area contributed by atoms with Gasteiger partial charge in [0.05, 0.1) is 31.9 Å². The van der Waals surface area contributed by atoms with Crippen LogP contribution in [0.4, 0.5) is 0 Å². The number of imidazole rings is 1. The highest BCUT2D eigenvalue weighted by atomic mass is 16.5. The Morgan fingerprint density at radius 2 is 2.07 bits per heavy atom. The lowest BCUT2D eigenvalue weighted by atomic mass is 9.90. The third-order valence-electron chi connectivity index (χ3n) is 5.43. The van der Waals surface area contributed by atoms with Crippen LogP contribution in [0.2, 0.25) is 0 Å². The SMILES string of the molecule is COc1ccc(CN2Cc3[nH]cnc3C(c3cccc(O)c3)C2)c(OC)c1C. The molecule has 0 saturated carbocycles. The Labute approximate surface area is 164 Å². The topological polar surface area (TPSA) is 70.6 Å². The number of phenols is 1. The van der Waals surface area contributed by atoms with E-state index in [1.807, 2.05) is 31.2 Å². The predicted octanol–water partition coefficient (Wildman–Crippen LogP) is 3.59. The third-order valence-corrected chi connectivity index (χ3v) is 5.43. The number of ether oxygens (including phenoxy) is 2. The van der Waals surface area contributed by atoms with Crippen molar-refractivity contribution in [1.82, 2.24) is 14.9 Å². The maximum atomic E-state index is 9.92. The number of aromatic hydroxyl groups is 1. The van der Waals surface area contributed by atoms with Gasteiger partial charge in [-0.05, 0) is 30.7 Å². The molecule has 6 nitrogen and oxygen atoms in total. The van der Waals surface area contributed by atoms with Gasteiger partial charge in [-0.2, -0.15) is 0 Å². The molecule has 28 heavy (non-hydrogen) atoms. The van der Waals surface area contributed by atoms with E-state index in [0.29, 0.717) is 0 Å². The van der Waals surface area contributed by atoms with Gasteiger partial charge in [0.2, 0.25) is 0 Å². The van der Waals surface area contributed by atoms with E-state index in [1.165, 1.54) is 0 Å². The van der Waals surface area contributed by atoms with Crippen molar-refractivity contribution in [2.24, 2.45) is 0 Å². The number of hydrogen-bond acceptors (Lipinski definition) is 5. The van der Waals surface area contributed by atoms with Crippen molar-refractivity contribution >= 4 is 0 Å². The van der Waals surface area contributed by atoms with Crippen molar-refractivity contribution in [3.8, 4) is 17.2 Å². The highest BCUT2D eigenvalue weighted by molar-refractivity contribution is 5.49. The molecule has 0 spiro atoms. The Kier molecular flexibility index (Phi) is 4.96. The van der Waals surface area contributed by atoms with Gasteiger partial charge in [-0.1, -0.05) is 18.2 Å². The zero-order valence-electron chi connectivity index (χ0n) is 16.4. The summed E-state index contributed by atoms with van der Waals surface area (Å²) < 4.78 is 11.1. The van der Waals surface area contributed by atoms with E-state index in [2.05, 4.69) is 20.9 Å². The molecule has 0 bridgehead atoms. The number of fused-ring (bicyclic) bond motifs is 1. The minimum atomic E-state index is 0.104. The minimum absolute atomic E-state index is 0.104. The maximum Gasteiger partial charge on any atom is 0.129 e. The van der Waals surface area contributed by atoms with Gasteiger partial charge in [-0.15, -0.1) is 0 Å². The summed E-state index contributed by atoms with van der Waals surface area (Å²) in [7, 11) is 3.37. The molecule has 0 aliphatic carbocycles. The first-order valence-electron chi connectivity index (χ1n) is 9.34. The fourth-order valence-corrected chi connectivity index (χ4v) is 4.12. The summed E-state index contributed by atoms with van der Waals surface area (Å²) in [5.74, 6) is 2.07. The summed E-state index contributed by atoms with van der Waals surface area (Å²) in [5.41, 5.74) is 5.36. The van der Waals surface area contributed by atoms with Gasteiger partial charge in [-0.25, -0.2) is 4.98 Å². The van der Waals surface area contributed by atoms with E-state index in [9.17, 15) is 5.11 Å². The van der Waals surface area contributed by atoms with E-state index < -0.39 is 0 Å². The molecular formula is C22H25N3O3. The average Bonchev–Trinajstić information content (AvgIpc) is 3.16. The summed E-state index contributed by atoms with van der Waals surface area (Å²) in [5, 5.41) is 9.92. The first kappa shape index (κ1) is 18.4. The lowest BCUT2D eigenvalue weighted by Crippen LogP contribution is -2.34. The Morgan fingerprint density at radius 3 is 2.82 bits per heavy atom. The van der Waals surface area contributed by atoms with Crippen LogP contribution in [-0.2, 0) is 13.1 Å². The van der Waals surface area contributed by atoms with E-state index in [4.69, 9.17) is 9.47 Å². The molecule has 2 heterocycles. The summed E-state index contributed by atoms with van der Waals surface area (Å²) in [6.45, 7) is 4.37. The molecule has 2 aromatic carbocycles. The monoisotopic (exact) mass is 379 g/mol. The number of phenolic OH excluding ortho intramolecular Hbond substituents is 1. The number of methoxy groups -OCH3 is 2. The number of aromatic amines is 1. The maximum absolute atomic E-state index is 9.92. The summed E-state index contributed by atoms with van der Waals surface area (Å²) >= 11 is 0. The second kappa shape index (κ2) is 7.56. The van der Waals surface area contributed by atoms with Crippen LogP contribution in [0.1, 0.15) is 34.0 Å². The van der Waals surface area contributed by atoms with Gasteiger partial charge in [0.25, 0.3) is 0 Å². The first-order chi connectivity index (χ1) is 13.6. The molecule has 2 N–H and O–H groups in total. The molecule has 1 atom stereocenters. The highest BCUT2D eigenvalue weighted by Gasteiger charge is 2.29. The molecule has 1 aromatic heterocycles. The van der Waals surface area contributed by atoms with Gasteiger partial charge in [0.1, 0.15) is 17.2 Å². The summed E-state index contributed by atoms with van der Waals surface area (Å²) in [4.78, 5) is 10.2. The Morgan fingerprint density at radius 1 is 1.21 bits per heavy atom. The molecule has 1 unspecified atom stereocenters. The predicted molar refractivity (Wildman–Crippen MR) is 107 cm³/mol. The average molecular weight is 379 g/mol. The van der Waals surface area contributed by atoms with Crippen LogP contribution in [0, 0.1) is 6.92 Å². The van der Waals surface area contributed by atoms with E-state index in [0.717, 1.165) is 59.2 Å². The fourth-order valence-electron chi connectivity index (χ4n) is 4.12. The Balaban J connectivity index is 1.65. The number of nitrogens with one attached hydrogen (secondary N) is 1. The Bertz CT molecular complexity index is 983. The van der Waals surface area contributed by atoms with Gasteiger partial charge in [0, 0.05) is 36.7 Å². The highest BCUT2D eigenvalue weighted by Crippen LogP contribution is 2.36. The van der Waals surface area contributed by atoms with Gasteiger partial charge in [-0.3, -0.25) is 4.90 Å². The summed E-state index contributed by atoms with van der Waals surface area (Å²) in [6, 6.07) is 11.5. The number of aromatic nitrogens is 2. The third kappa shape index (κ3) is 3.31. The first-order valence-corrected chi connectivity index (χ1v) is 9.34. The molecule has 1 aliphatic heterocycles. The molecular weight excluding hydrogens is 354 g/mol. The molecule has 0 saturated heterocycles. The van der Waals surface area contributed by atoms with Crippen LogP contribution in [0.3, 0.4) is 0 Å². The summed E-state index contributed by atoms with van der Waals surface area (Å²) in [6.07, 6.45) is 1.75. The largest absolute Gasteiger partial charge is 0.508 e. The molecule has 1 aliphatic rings. The van der Waals surface area contributed by atoms with Crippen molar-refractivity contribution in [2.45, 2.75) is 25.9 Å². The van der Waals surface area contributed by atoms with Crippen molar-refractivity contribution in [1.29, 1.82) is 0 Å². The minimum Gasteiger partial charge on any atom is -0.508 e. The number of hydrogen-bond donors (Lipinski definition) is 2. The lowest BCUT2D eigenvalue weighted by molar-refractivity contribution is 0.224. The zero-order valence-corrected chi connectivity index (χ0v) is 16.4. The molecule has 0 amide bonds. The Hall–Kier alpha value is -2.99. The fraction of sp³-hybridized carbons (Fsp3) is 0.318. The van der Waals surface area contributed by atoms with Crippen LogP contribution in [0.15, 0.2) is 42.7 Å². The van der Waals surface area contributed by atoms with Crippen LogP contribution in [-0.4, -0.2) is 40.7 Å². The standard InChI is InChI=1S/C22H25N3O3/c1-14-20(27-2)8-7-16(22(14)28-3)10-25-11-18(15-5-4-6-17(26)9-15)21-19(12-25)23-13-24-21/h4-9,13,18,26H,10-12H2,1-3H3,(H,23,24). The van der Waals surface area contributed by atoms with E-state index in [-0.39, 0.29) is 11.7 Å². The molecule has 6 heteroatoms. The lowest BCUT2D eigenvalue weighted by Gasteiger charge is -2.32. The quantitative estimate of drug-likeness (QED) is 0.709. The van der Waals surface area contributed by atoms with Crippen molar-refractivity contribution in [3.63, 3.8) is 0 Å². The van der Waals surface area contributed by atoms with E-state index >= 15 is 0 Å². The van der Waals surface area contributed by atoms with Crippen LogP contribution in [0.5, 0.6) is 17.2 Å². The van der Waals surface area contributed by atoms with Crippen molar-refractivity contribution in [3.05, 3.63) is 70.8 Å². The van der Waals surface area contributed by atoms with Gasteiger partial charge < -0.3 is 19.6 Å². The van der Waals surface area contributed by atoms with Crippen LogP contribution >= 0.6 is 0 Å². The molecule has 0 radical (unpaired) electrons. The van der Waals surface area contributed by atoms with Crippen molar-refractivity contribution in [2.75, 3.05) is 20.8 Å². The molecule has 146 valence electrons.